The van der Waals surface area contributed by atoms with Gasteiger partial charge in [0.15, 0.2) is 0 Å². The van der Waals surface area contributed by atoms with Crippen molar-refractivity contribution in [3.05, 3.63) is 42.4 Å². The molecule has 4 rings (SSSR count). The highest BCUT2D eigenvalue weighted by atomic mass is 16.5. The number of aryl methyl sites for hydroxylation is 1. The van der Waals surface area contributed by atoms with Gasteiger partial charge in [-0.1, -0.05) is 6.07 Å². The maximum atomic E-state index is 12.6. The minimum absolute atomic E-state index is 0.103. The monoisotopic (exact) mass is 366 g/mol. The summed E-state index contributed by atoms with van der Waals surface area (Å²) in [6.45, 7) is 4.75. The molecule has 2 amide bonds. The van der Waals surface area contributed by atoms with E-state index in [-0.39, 0.29) is 6.03 Å². The van der Waals surface area contributed by atoms with Crippen LogP contribution in [0.1, 0.15) is 5.56 Å². The van der Waals surface area contributed by atoms with Gasteiger partial charge in [-0.2, -0.15) is 0 Å². The van der Waals surface area contributed by atoms with Crippen LogP contribution in [0.2, 0.25) is 0 Å². The fraction of sp³-hybridized carbons (Fsp3) is 0.316. The Morgan fingerprint density at radius 2 is 2.04 bits per heavy atom. The van der Waals surface area contributed by atoms with Gasteiger partial charge in [0.25, 0.3) is 0 Å². The van der Waals surface area contributed by atoms with Crippen molar-refractivity contribution >= 4 is 28.6 Å². The standard InChI is InChI=1S/C19H22N6O2/c1-13-11-20-17-16(13)18(22-12-21-17)24-6-8-25(9-7-24)19(26)23-14-4-3-5-15(10-14)27-2/h3-5,10-12H,6-9H2,1-2H3,(H,23,26)(H,20,21,22). The van der Waals surface area contributed by atoms with Crippen molar-refractivity contribution < 1.29 is 9.53 Å². The van der Waals surface area contributed by atoms with E-state index in [4.69, 9.17) is 4.74 Å². The predicted molar refractivity (Wildman–Crippen MR) is 104 cm³/mol. The predicted octanol–water partition coefficient (Wildman–Crippen LogP) is 2.63. The smallest absolute Gasteiger partial charge is 0.321 e. The average molecular weight is 366 g/mol. The second-order valence-corrected chi connectivity index (χ2v) is 6.53. The number of urea groups is 1. The fourth-order valence-corrected chi connectivity index (χ4v) is 3.36. The molecule has 1 fully saturated rings. The van der Waals surface area contributed by atoms with E-state index in [1.807, 2.05) is 36.2 Å². The number of nitrogens with zero attached hydrogens (tertiary/aromatic N) is 4. The van der Waals surface area contributed by atoms with Crippen molar-refractivity contribution in [2.45, 2.75) is 6.92 Å². The molecule has 140 valence electrons. The Hall–Kier alpha value is -3.29. The zero-order chi connectivity index (χ0) is 18.8. The van der Waals surface area contributed by atoms with E-state index in [2.05, 4.69) is 25.2 Å². The molecular formula is C19H22N6O2. The number of piperazine rings is 1. The number of aromatic nitrogens is 3. The summed E-state index contributed by atoms with van der Waals surface area (Å²) in [5.41, 5.74) is 2.69. The number of hydrogen-bond donors (Lipinski definition) is 2. The van der Waals surface area contributed by atoms with Gasteiger partial charge >= 0.3 is 6.03 Å². The van der Waals surface area contributed by atoms with Crippen LogP contribution in [0.5, 0.6) is 5.75 Å². The van der Waals surface area contributed by atoms with Crippen molar-refractivity contribution in [2.24, 2.45) is 0 Å². The van der Waals surface area contributed by atoms with Gasteiger partial charge in [-0.05, 0) is 24.6 Å². The Labute approximate surface area is 157 Å². The van der Waals surface area contributed by atoms with Crippen molar-refractivity contribution in [3.8, 4) is 5.75 Å². The summed E-state index contributed by atoms with van der Waals surface area (Å²) in [5, 5.41) is 3.98. The maximum absolute atomic E-state index is 12.6. The molecule has 1 saturated heterocycles. The summed E-state index contributed by atoms with van der Waals surface area (Å²) in [6.07, 6.45) is 3.52. The quantitative estimate of drug-likeness (QED) is 0.744. The second kappa shape index (κ2) is 7.14. The van der Waals surface area contributed by atoms with E-state index in [1.54, 1.807) is 19.5 Å². The largest absolute Gasteiger partial charge is 0.497 e. The third-order valence-electron chi connectivity index (χ3n) is 4.83. The molecule has 3 aromatic rings. The lowest BCUT2D eigenvalue weighted by molar-refractivity contribution is 0.208. The Balaban J connectivity index is 1.42. The molecule has 27 heavy (non-hydrogen) atoms. The highest BCUT2D eigenvalue weighted by molar-refractivity contribution is 5.91. The van der Waals surface area contributed by atoms with E-state index < -0.39 is 0 Å². The molecule has 0 aliphatic carbocycles. The number of nitrogens with one attached hydrogen (secondary N) is 2. The molecule has 0 spiro atoms. The third-order valence-corrected chi connectivity index (χ3v) is 4.83. The summed E-state index contributed by atoms with van der Waals surface area (Å²) >= 11 is 0. The average Bonchev–Trinajstić information content (AvgIpc) is 3.09. The number of fused-ring (bicyclic) bond motifs is 1. The molecule has 0 unspecified atom stereocenters. The van der Waals surface area contributed by atoms with Crippen LogP contribution in [0.25, 0.3) is 11.0 Å². The minimum Gasteiger partial charge on any atom is -0.497 e. The van der Waals surface area contributed by atoms with Crippen LogP contribution in [0.15, 0.2) is 36.8 Å². The molecule has 0 radical (unpaired) electrons. The number of rotatable bonds is 3. The molecule has 0 bridgehead atoms. The van der Waals surface area contributed by atoms with Crippen LogP contribution in [-0.4, -0.2) is 59.2 Å². The number of carbonyl (C=O) groups is 1. The molecule has 2 N–H and O–H groups in total. The zero-order valence-electron chi connectivity index (χ0n) is 15.4. The van der Waals surface area contributed by atoms with E-state index in [0.717, 1.165) is 41.2 Å². The lowest BCUT2D eigenvalue weighted by Gasteiger charge is -2.35. The summed E-state index contributed by atoms with van der Waals surface area (Å²) in [6, 6.07) is 7.25. The van der Waals surface area contributed by atoms with Crippen LogP contribution < -0.4 is 15.0 Å². The molecule has 1 aromatic carbocycles. The summed E-state index contributed by atoms with van der Waals surface area (Å²) in [4.78, 5) is 28.5. The van der Waals surface area contributed by atoms with Gasteiger partial charge in [-0.15, -0.1) is 0 Å². The topological polar surface area (TPSA) is 86.4 Å². The first-order chi connectivity index (χ1) is 13.2. The number of methoxy groups -OCH3 is 1. The normalized spacial score (nSPS) is 14.4. The molecule has 3 heterocycles. The molecule has 0 atom stereocenters. The molecule has 1 aliphatic rings. The summed E-state index contributed by atoms with van der Waals surface area (Å²) in [7, 11) is 1.61. The third kappa shape index (κ3) is 3.38. The molecule has 1 aliphatic heterocycles. The first kappa shape index (κ1) is 17.1. The van der Waals surface area contributed by atoms with Gasteiger partial charge in [0.1, 0.15) is 23.5 Å². The highest BCUT2D eigenvalue weighted by Crippen LogP contribution is 2.26. The van der Waals surface area contributed by atoms with E-state index in [0.29, 0.717) is 18.8 Å². The zero-order valence-corrected chi connectivity index (χ0v) is 15.4. The van der Waals surface area contributed by atoms with Crippen LogP contribution >= 0.6 is 0 Å². The van der Waals surface area contributed by atoms with Gasteiger partial charge in [0.2, 0.25) is 0 Å². The summed E-state index contributed by atoms with van der Waals surface area (Å²) < 4.78 is 5.20. The number of amides is 2. The number of carbonyl (C=O) groups excluding carboxylic acids is 1. The molecular weight excluding hydrogens is 344 g/mol. The molecule has 8 nitrogen and oxygen atoms in total. The lowest BCUT2D eigenvalue weighted by atomic mass is 10.2. The minimum atomic E-state index is -0.103. The molecule has 2 aromatic heterocycles. The van der Waals surface area contributed by atoms with Crippen molar-refractivity contribution in [1.82, 2.24) is 19.9 Å². The van der Waals surface area contributed by atoms with Gasteiger partial charge in [-0.25, -0.2) is 14.8 Å². The lowest BCUT2D eigenvalue weighted by Crippen LogP contribution is -2.50. The first-order valence-electron chi connectivity index (χ1n) is 8.89. The maximum Gasteiger partial charge on any atom is 0.321 e. The number of anilines is 2. The van der Waals surface area contributed by atoms with Crippen LogP contribution in [0, 0.1) is 6.92 Å². The number of H-pyrrole nitrogens is 1. The van der Waals surface area contributed by atoms with Crippen LogP contribution in [-0.2, 0) is 0 Å². The van der Waals surface area contributed by atoms with Crippen molar-refractivity contribution in [1.29, 1.82) is 0 Å². The number of benzene rings is 1. The summed E-state index contributed by atoms with van der Waals surface area (Å²) in [5.74, 6) is 1.64. The van der Waals surface area contributed by atoms with Gasteiger partial charge in [0.05, 0.1) is 12.5 Å². The van der Waals surface area contributed by atoms with E-state index >= 15 is 0 Å². The molecule has 0 saturated carbocycles. The number of hydrogen-bond acceptors (Lipinski definition) is 5. The van der Waals surface area contributed by atoms with E-state index in [1.165, 1.54) is 0 Å². The SMILES string of the molecule is COc1cccc(NC(=O)N2CCN(c3ncnc4[nH]cc(C)c34)CC2)c1. The Bertz CT molecular complexity index is 962. The fourth-order valence-electron chi connectivity index (χ4n) is 3.36. The number of aromatic amines is 1. The second-order valence-electron chi connectivity index (χ2n) is 6.53. The van der Waals surface area contributed by atoms with Gasteiger partial charge in [0, 0.05) is 44.1 Å². The van der Waals surface area contributed by atoms with Gasteiger partial charge < -0.3 is 24.8 Å². The number of ether oxygens (including phenoxy) is 1. The van der Waals surface area contributed by atoms with Crippen molar-refractivity contribution in [2.75, 3.05) is 43.5 Å². The first-order valence-corrected chi connectivity index (χ1v) is 8.89. The highest BCUT2D eigenvalue weighted by Gasteiger charge is 2.24. The Morgan fingerprint density at radius 3 is 2.81 bits per heavy atom. The van der Waals surface area contributed by atoms with E-state index in [9.17, 15) is 4.79 Å². The van der Waals surface area contributed by atoms with Crippen LogP contribution in [0.3, 0.4) is 0 Å². The Morgan fingerprint density at radius 1 is 1.22 bits per heavy atom. The van der Waals surface area contributed by atoms with Gasteiger partial charge in [-0.3, -0.25) is 0 Å². The molecule has 8 heteroatoms. The Kier molecular flexibility index (Phi) is 4.53. The van der Waals surface area contributed by atoms with Crippen LogP contribution in [0.4, 0.5) is 16.3 Å². The van der Waals surface area contributed by atoms with Crippen molar-refractivity contribution in [3.63, 3.8) is 0 Å².